The van der Waals surface area contributed by atoms with Gasteiger partial charge in [0.15, 0.2) is 0 Å². The summed E-state index contributed by atoms with van der Waals surface area (Å²) in [6.07, 6.45) is 6.57. The van der Waals surface area contributed by atoms with Gasteiger partial charge in [0.05, 0.1) is 23.0 Å². The van der Waals surface area contributed by atoms with Crippen molar-refractivity contribution < 1.29 is 9.21 Å². The zero-order valence-electron chi connectivity index (χ0n) is 17.4. The lowest BCUT2D eigenvalue weighted by Crippen LogP contribution is -2.18. The second-order valence-corrected chi connectivity index (χ2v) is 7.44. The molecule has 31 heavy (non-hydrogen) atoms. The van der Waals surface area contributed by atoms with Crippen molar-refractivity contribution in [2.24, 2.45) is 5.10 Å². The normalized spacial score (nSPS) is 11.7. The zero-order valence-corrected chi connectivity index (χ0v) is 17.4. The van der Waals surface area contributed by atoms with Crippen LogP contribution in [-0.2, 0) is 0 Å². The molecular formula is C26H23N3O2. The minimum Gasteiger partial charge on any atom is -0.465 e. The smallest absolute Gasteiger partial charge is 0.272 e. The SMILES string of the molecule is CC(C)c1ccc(-c2cc(C(=O)N/N=C\C=C\c3ccco3)c3ccccc3n2)cc1. The molecule has 0 radical (unpaired) electrons. The second-order valence-electron chi connectivity index (χ2n) is 7.44. The van der Waals surface area contributed by atoms with Gasteiger partial charge in [-0.05, 0) is 47.9 Å². The fraction of sp³-hybridized carbons (Fsp3) is 0.115. The maximum Gasteiger partial charge on any atom is 0.272 e. The van der Waals surface area contributed by atoms with Crippen molar-refractivity contribution in [1.82, 2.24) is 10.4 Å². The predicted molar refractivity (Wildman–Crippen MR) is 125 cm³/mol. The zero-order chi connectivity index (χ0) is 21.6. The van der Waals surface area contributed by atoms with Crippen LogP contribution in [0.15, 0.2) is 88.6 Å². The molecular weight excluding hydrogens is 386 g/mol. The largest absolute Gasteiger partial charge is 0.465 e. The minimum absolute atomic E-state index is 0.290. The number of nitrogens with zero attached hydrogens (tertiary/aromatic N) is 2. The lowest BCUT2D eigenvalue weighted by Gasteiger charge is -2.10. The molecule has 0 spiro atoms. The third-order valence-electron chi connectivity index (χ3n) is 4.96. The number of carbonyl (C=O) groups is 1. The van der Waals surface area contributed by atoms with Crippen molar-refractivity contribution in [2.75, 3.05) is 0 Å². The first-order chi connectivity index (χ1) is 15.1. The highest BCUT2D eigenvalue weighted by atomic mass is 16.3. The molecule has 0 aliphatic heterocycles. The molecule has 2 aromatic heterocycles. The summed E-state index contributed by atoms with van der Waals surface area (Å²) in [5, 5.41) is 4.80. The van der Waals surface area contributed by atoms with Crippen molar-refractivity contribution in [3.63, 3.8) is 0 Å². The lowest BCUT2D eigenvalue weighted by molar-refractivity contribution is 0.0956. The average Bonchev–Trinajstić information content (AvgIpc) is 3.31. The van der Waals surface area contributed by atoms with E-state index in [1.807, 2.05) is 48.5 Å². The quantitative estimate of drug-likeness (QED) is 0.311. The molecule has 2 heterocycles. The lowest BCUT2D eigenvalue weighted by atomic mass is 9.99. The number of hydrazone groups is 1. The standard InChI is InChI=1S/C26H23N3O2/c1-18(2)19-11-13-20(14-12-19)25-17-23(22-9-3-4-10-24(22)28-25)26(30)29-27-15-5-7-21-8-6-16-31-21/h3-18H,1-2H3,(H,29,30)/b7-5+,27-15-. The summed E-state index contributed by atoms with van der Waals surface area (Å²) in [4.78, 5) is 17.6. The molecule has 0 atom stereocenters. The Kier molecular flexibility index (Phi) is 6.03. The molecule has 0 aliphatic rings. The van der Waals surface area contributed by atoms with E-state index in [4.69, 9.17) is 9.40 Å². The number of furan rings is 1. The topological polar surface area (TPSA) is 67.5 Å². The van der Waals surface area contributed by atoms with Gasteiger partial charge in [-0.2, -0.15) is 5.10 Å². The summed E-state index contributed by atoms with van der Waals surface area (Å²) in [7, 11) is 0. The van der Waals surface area contributed by atoms with Gasteiger partial charge in [0.25, 0.3) is 5.91 Å². The van der Waals surface area contributed by atoms with E-state index in [0.29, 0.717) is 17.2 Å². The Labute approximate surface area is 181 Å². The first kappa shape index (κ1) is 20.3. The fourth-order valence-electron chi connectivity index (χ4n) is 3.27. The third kappa shape index (κ3) is 4.78. The maximum absolute atomic E-state index is 12.9. The van der Waals surface area contributed by atoms with E-state index in [2.05, 4.69) is 36.5 Å². The predicted octanol–water partition coefficient (Wildman–Crippen LogP) is 6.05. The number of pyridine rings is 1. The second kappa shape index (κ2) is 9.22. The van der Waals surface area contributed by atoms with Crippen molar-refractivity contribution >= 4 is 29.1 Å². The van der Waals surface area contributed by atoms with E-state index in [0.717, 1.165) is 22.2 Å². The molecule has 0 saturated carbocycles. The molecule has 154 valence electrons. The number of fused-ring (bicyclic) bond motifs is 1. The number of benzene rings is 2. The Morgan fingerprint density at radius 1 is 1.06 bits per heavy atom. The summed E-state index contributed by atoms with van der Waals surface area (Å²) < 4.78 is 5.21. The Hall–Kier alpha value is -3.99. The maximum atomic E-state index is 12.9. The van der Waals surface area contributed by atoms with Gasteiger partial charge in [0.1, 0.15) is 5.76 Å². The van der Waals surface area contributed by atoms with Gasteiger partial charge in [-0.3, -0.25) is 4.79 Å². The first-order valence-electron chi connectivity index (χ1n) is 10.2. The highest BCUT2D eigenvalue weighted by Crippen LogP contribution is 2.26. The van der Waals surface area contributed by atoms with Crippen LogP contribution in [0, 0.1) is 0 Å². The number of amides is 1. The molecule has 2 aromatic carbocycles. The van der Waals surface area contributed by atoms with Gasteiger partial charge in [-0.15, -0.1) is 0 Å². The molecule has 5 nitrogen and oxygen atoms in total. The average molecular weight is 409 g/mol. The first-order valence-corrected chi connectivity index (χ1v) is 10.2. The molecule has 0 bridgehead atoms. The number of hydrogen-bond donors (Lipinski definition) is 1. The number of carbonyl (C=O) groups excluding carboxylic acids is 1. The van der Waals surface area contributed by atoms with E-state index in [9.17, 15) is 4.79 Å². The fourth-order valence-corrected chi connectivity index (χ4v) is 3.27. The third-order valence-corrected chi connectivity index (χ3v) is 4.96. The van der Waals surface area contributed by atoms with Gasteiger partial charge in [-0.1, -0.05) is 56.3 Å². The molecule has 0 unspecified atom stereocenters. The molecule has 1 N–H and O–H groups in total. The number of allylic oxidation sites excluding steroid dienone is 1. The van der Waals surface area contributed by atoms with E-state index in [-0.39, 0.29) is 5.91 Å². The Morgan fingerprint density at radius 2 is 1.87 bits per heavy atom. The van der Waals surface area contributed by atoms with Crippen molar-refractivity contribution in [3.8, 4) is 11.3 Å². The molecule has 0 saturated heterocycles. The number of hydrogen-bond acceptors (Lipinski definition) is 4. The summed E-state index contributed by atoms with van der Waals surface area (Å²) in [6, 6.07) is 21.4. The Bertz CT molecular complexity index is 1240. The molecule has 4 aromatic rings. The van der Waals surface area contributed by atoms with Crippen molar-refractivity contribution in [3.05, 3.63) is 96.0 Å². The van der Waals surface area contributed by atoms with Crippen LogP contribution in [0.25, 0.3) is 28.2 Å². The summed E-state index contributed by atoms with van der Waals surface area (Å²) >= 11 is 0. The van der Waals surface area contributed by atoms with Gasteiger partial charge in [0.2, 0.25) is 0 Å². The summed E-state index contributed by atoms with van der Waals surface area (Å²) in [5.74, 6) is 0.881. The van der Waals surface area contributed by atoms with Crippen LogP contribution >= 0.6 is 0 Å². The van der Waals surface area contributed by atoms with Gasteiger partial charge < -0.3 is 4.42 Å². The number of aromatic nitrogens is 1. The van der Waals surface area contributed by atoms with Crippen molar-refractivity contribution in [2.45, 2.75) is 19.8 Å². The van der Waals surface area contributed by atoms with E-state index in [1.165, 1.54) is 11.8 Å². The molecule has 4 rings (SSSR count). The van der Waals surface area contributed by atoms with Crippen LogP contribution < -0.4 is 5.43 Å². The number of para-hydroxylation sites is 1. The minimum atomic E-state index is -0.290. The number of rotatable bonds is 6. The monoisotopic (exact) mass is 409 g/mol. The highest BCUT2D eigenvalue weighted by molar-refractivity contribution is 6.07. The van der Waals surface area contributed by atoms with Gasteiger partial charge in [-0.25, -0.2) is 10.4 Å². The van der Waals surface area contributed by atoms with Gasteiger partial charge >= 0.3 is 0 Å². The molecule has 5 heteroatoms. The van der Waals surface area contributed by atoms with Crippen molar-refractivity contribution in [1.29, 1.82) is 0 Å². The Morgan fingerprint density at radius 3 is 2.61 bits per heavy atom. The summed E-state index contributed by atoms with van der Waals surface area (Å²) in [5.41, 5.74) is 6.87. The van der Waals surface area contributed by atoms with E-state index >= 15 is 0 Å². The van der Waals surface area contributed by atoms with Crippen LogP contribution in [0.2, 0.25) is 0 Å². The molecule has 0 fully saturated rings. The van der Waals surface area contributed by atoms with Crippen LogP contribution in [0.4, 0.5) is 0 Å². The van der Waals surface area contributed by atoms with Crippen LogP contribution in [0.5, 0.6) is 0 Å². The van der Waals surface area contributed by atoms with Crippen LogP contribution in [-0.4, -0.2) is 17.1 Å². The van der Waals surface area contributed by atoms with E-state index < -0.39 is 0 Å². The Balaban J connectivity index is 1.60. The van der Waals surface area contributed by atoms with Crippen LogP contribution in [0.1, 0.15) is 41.4 Å². The van der Waals surface area contributed by atoms with Crippen LogP contribution in [0.3, 0.4) is 0 Å². The molecule has 0 aliphatic carbocycles. The highest BCUT2D eigenvalue weighted by Gasteiger charge is 2.13. The van der Waals surface area contributed by atoms with E-state index in [1.54, 1.807) is 24.5 Å². The number of nitrogens with one attached hydrogen (secondary N) is 1. The molecule has 1 amide bonds. The summed E-state index contributed by atoms with van der Waals surface area (Å²) in [6.45, 7) is 4.33. The van der Waals surface area contributed by atoms with Gasteiger partial charge in [0, 0.05) is 17.2 Å².